The monoisotopic (exact) mass is 268 g/mol. The van der Waals surface area contributed by atoms with Crippen molar-refractivity contribution in [2.45, 2.75) is 44.3 Å². The number of aliphatic hydroxyl groups is 1. The van der Waals surface area contributed by atoms with Gasteiger partial charge in [-0.15, -0.1) is 0 Å². The molecular formula is C14H20O5. The van der Waals surface area contributed by atoms with E-state index in [1.54, 1.807) is 6.07 Å². The van der Waals surface area contributed by atoms with Crippen LogP contribution in [-0.4, -0.2) is 30.9 Å². The summed E-state index contributed by atoms with van der Waals surface area (Å²) < 4.78 is 15.4. The molecule has 0 amide bonds. The standard InChI is InChI=1S/C14H20O5/c1-17-14(16)13-8-7-12(19-13)11(15)6-5-10-4-2-3-9-18-10/h7-8,10-11,15H,2-6,9H2,1H3. The zero-order valence-corrected chi connectivity index (χ0v) is 11.1. The average molecular weight is 268 g/mol. The highest BCUT2D eigenvalue weighted by Crippen LogP contribution is 2.25. The van der Waals surface area contributed by atoms with Crippen LogP contribution in [0.5, 0.6) is 0 Å². The van der Waals surface area contributed by atoms with Crippen LogP contribution >= 0.6 is 0 Å². The molecular weight excluding hydrogens is 248 g/mol. The van der Waals surface area contributed by atoms with Crippen LogP contribution in [0.25, 0.3) is 0 Å². The summed E-state index contributed by atoms with van der Waals surface area (Å²) in [5.74, 6) is -0.0178. The van der Waals surface area contributed by atoms with Gasteiger partial charge in [0.1, 0.15) is 11.9 Å². The molecule has 0 bridgehead atoms. The molecule has 1 N–H and O–H groups in total. The molecule has 0 radical (unpaired) electrons. The van der Waals surface area contributed by atoms with Crippen molar-refractivity contribution in [3.63, 3.8) is 0 Å². The van der Waals surface area contributed by atoms with Gasteiger partial charge in [-0.2, -0.15) is 0 Å². The van der Waals surface area contributed by atoms with Crippen molar-refractivity contribution in [3.8, 4) is 0 Å². The molecule has 0 spiro atoms. The number of methoxy groups -OCH3 is 1. The third-order valence-corrected chi connectivity index (χ3v) is 3.38. The van der Waals surface area contributed by atoms with E-state index in [1.165, 1.54) is 19.6 Å². The van der Waals surface area contributed by atoms with Crippen LogP contribution in [-0.2, 0) is 9.47 Å². The van der Waals surface area contributed by atoms with Gasteiger partial charge in [0.25, 0.3) is 0 Å². The van der Waals surface area contributed by atoms with E-state index in [0.29, 0.717) is 12.2 Å². The smallest absolute Gasteiger partial charge is 0.373 e. The Morgan fingerprint density at radius 2 is 2.37 bits per heavy atom. The number of hydrogen-bond acceptors (Lipinski definition) is 5. The molecule has 5 heteroatoms. The van der Waals surface area contributed by atoms with Crippen LogP contribution in [0.2, 0.25) is 0 Å². The van der Waals surface area contributed by atoms with Crippen molar-refractivity contribution >= 4 is 5.97 Å². The van der Waals surface area contributed by atoms with E-state index in [0.717, 1.165) is 25.9 Å². The predicted molar refractivity (Wildman–Crippen MR) is 67.8 cm³/mol. The normalized spacial score (nSPS) is 21.1. The van der Waals surface area contributed by atoms with Gasteiger partial charge in [0, 0.05) is 6.61 Å². The Bertz CT molecular complexity index is 406. The Kier molecular flexibility index (Phi) is 4.99. The topological polar surface area (TPSA) is 68.9 Å². The number of hydrogen-bond donors (Lipinski definition) is 1. The number of ether oxygens (including phenoxy) is 2. The van der Waals surface area contributed by atoms with Gasteiger partial charge in [-0.25, -0.2) is 4.79 Å². The average Bonchev–Trinajstić information content (AvgIpc) is 2.95. The van der Waals surface area contributed by atoms with Crippen molar-refractivity contribution in [3.05, 3.63) is 23.7 Å². The number of esters is 1. The van der Waals surface area contributed by atoms with Gasteiger partial charge in [0.2, 0.25) is 5.76 Å². The largest absolute Gasteiger partial charge is 0.463 e. The first kappa shape index (κ1) is 14.1. The molecule has 1 fully saturated rings. The Labute approximate surface area is 112 Å². The number of rotatable bonds is 5. The molecule has 106 valence electrons. The molecule has 2 unspecified atom stereocenters. The summed E-state index contributed by atoms with van der Waals surface area (Å²) in [6.45, 7) is 0.813. The minimum Gasteiger partial charge on any atom is -0.463 e. The molecule has 0 saturated carbocycles. The van der Waals surface area contributed by atoms with Gasteiger partial charge in [-0.1, -0.05) is 0 Å². The lowest BCUT2D eigenvalue weighted by molar-refractivity contribution is 0.000463. The molecule has 2 rings (SSSR count). The molecule has 0 aliphatic carbocycles. The van der Waals surface area contributed by atoms with E-state index >= 15 is 0 Å². The number of carbonyl (C=O) groups excluding carboxylic acids is 1. The van der Waals surface area contributed by atoms with Gasteiger partial charge in [0.05, 0.1) is 13.2 Å². The maximum absolute atomic E-state index is 11.2. The molecule has 5 nitrogen and oxygen atoms in total. The highest BCUT2D eigenvalue weighted by atomic mass is 16.5. The fraction of sp³-hybridized carbons (Fsp3) is 0.643. The maximum atomic E-state index is 11.2. The molecule has 0 aromatic carbocycles. The zero-order valence-electron chi connectivity index (χ0n) is 11.1. The van der Waals surface area contributed by atoms with Gasteiger partial charge >= 0.3 is 5.97 Å². The summed E-state index contributed by atoms with van der Waals surface area (Å²) in [6, 6.07) is 3.13. The van der Waals surface area contributed by atoms with Crippen molar-refractivity contribution < 1.29 is 23.8 Å². The minimum absolute atomic E-state index is 0.116. The lowest BCUT2D eigenvalue weighted by atomic mass is 10.0. The Morgan fingerprint density at radius 1 is 1.53 bits per heavy atom. The first-order valence-corrected chi connectivity index (χ1v) is 6.68. The zero-order chi connectivity index (χ0) is 13.7. The van der Waals surface area contributed by atoms with Crippen molar-refractivity contribution in [1.82, 2.24) is 0 Å². The second-order valence-corrected chi connectivity index (χ2v) is 4.78. The van der Waals surface area contributed by atoms with Crippen molar-refractivity contribution in [2.24, 2.45) is 0 Å². The lowest BCUT2D eigenvalue weighted by Crippen LogP contribution is -2.19. The van der Waals surface area contributed by atoms with E-state index in [-0.39, 0.29) is 11.9 Å². The Balaban J connectivity index is 1.83. The predicted octanol–water partition coefficient (Wildman–Crippen LogP) is 2.45. The molecule has 1 aromatic heterocycles. The van der Waals surface area contributed by atoms with E-state index < -0.39 is 12.1 Å². The number of furan rings is 1. The fourth-order valence-corrected chi connectivity index (χ4v) is 2.26. The molecule has 1 aliphatic heterocycles. The maximum Gasteiger partial charge on any atom is 0.373 e. The third kappa shape index (κ3) is 3.81. The second kappa shape index (κ2) is 6.73. The summed E-state index contributed by atoms with van der Waals surface area (Å²) >= 11 is 0. The fourth-order valence-electron chi connectivity index (χ4n) is 2.26. The Morgan fingerprint density at radius 3 is 3.05 bits per heavy atom. The second-order valence-electron chi connectivity index (χ2n) is 4.78. The van der Waals surface area contributed by atoms with E-state index in [9.17, 15) is 9.90 Å². The highest BCUT2D eigenvalue weighted by molar-refractivity contribution is 5.86. The van der Waals surface area contributed by atoms with Crippen LogP contribution in [0, 0.1) is 0 Å². The van der Waals surface area contributed by atoms with Gasteiger partial charge in [-0.3, -0.25) is 0 Å². The van der Waals surface area contributed by atoms with Crippen LogP contribution in [0.4, 0.5) is 0 Å². The molecule has 2 heterocycles. The third-order valence-electron chi connectivity index (χ3n) is 3.38. The minimum atomic E-state index is -0.705. The van der Waals surface area contributed by atoms with E-state index in [2.05, 4.69) is 4.74 Å². The summed E-state index contributed by atoms with van der Waals surface area (Å²) in [4.78, 5) is 11.2. The summed E-state index contributed by atoms with van der Waals surface area (Å²) in [6.07, 6.45) is 4.27. The highest BCUT2D eigenvalue weighted by Gasteiger charge is 2.19. The summed E-state index contributed by atoms with van der Waals surface area (Å²) in [5, 5.41) is 10.0. The van der Waals surface area contributed by atoms with E-state index in [4.69, 9.17) is 9.15 Å². The summed E-state index contributed by atoms with van der Waals surface area (Å²) in [7, 11) is 1.29. The number of aliphatic hydroxyl groups excluding tert-OH is 1. The molecule has 2 atom stereocenters. The molecule has 1 aromatic rings. The first-order valence-electron chi connectivity index (χ1n) is 6.68. The van der Waals surface area contributed by atoms with Crippen LogP contribution in [0.1, 0.15) is 54.5 Å². The van der Waals surface area contributed by atoms with Gasteiger partial charge in [-0.05, 0) is 44.2 Å². The first-order chi connectivity index (χ1) is 9.20. The number of carbonyl (C=O) groups is 1. The molecule has 19 heavy (non-hydrogen) atoms. The van der Waals surface area contributed by atoms with Gasteiger partial charge < -0.3 is 19.0 Å². The van der Waals surface area contributed by atoms with Crippen LogP contribution < -0.4 is 0 Å². The van der Waals surface area contributed by atoms with Gasteiger partial charge in [0.15, 0.2) is 0 Å². The van der Waals surface area contributed by atoms with E-state index in [1.807, 2.05) is 0 Å². The Hall–Kier alpha value is -1.33. The quantitative estimate of drug-likeness (QED) is 0.831. The SMILES string of the molecule is COC(=O)c1ccc(C(O)CCC2CCCCO2)o1. The van der Waals surface area contributed by atoms with Crippen LogP contribution in [0.15, 0.2) is 16.5 Å². The lowest BCUT2D eigenvalue weighted by Gasteiger charge is -2.23. The van der Waals surface area contributed by atoms with Crippen LogP contribution in [0.3, 0.4) is 0 Å². The van der Waals surface area contributed by atoms with Crippen molar-refractivity contribution in [1.29, 1.82) is 0 Å². The summed E-state index contributed by atoms with van der Waals surface area (Å²) in [5.41, 5.74) is 0. The molecule has 1 saturated heterocycles. The van der Waals surface area contributed by atoms with Crippen molar-refractivity contribution in [2.75, 3.05) is 13.7 Å². The molecule has 1 aliphatic rings.